The van der Waals surface area contributed by atoms with E-state index in [9.17, 15) is 4.79 Å². The predicted octanol–water partition coefficient (Wildman–Crippen LogP) is 2.53. The Morgan fingerprint density at radius 2 is 2.28 bits per heavy atom. The van der Waals surface area contributed by atoms with Crippen LogP contribution in [0.5, 0.6) is 5.75 Å². The van der Waals surface area contributed by atoms with E-state index in [4.69, 9.17) is 9.84 Å². The lowest BCUT2D eigenvalue weighted by Crippen LogP contribution is -2.31. The highest BCUT2D eigenvalue weighted by molar-refractivity contribution is 5.74. The molecule has 0 bridgehead atoms. The molecule has 4 heteroatoms. The van der Waals surface area contributed by atoms with E-state index in [-0.39, 0.29) is 0 Å². The molecule has 0 unspecified atom stereocenters. The van der Waals surface area contributed by atoms with Crippen molar-refractivity contribution < 1.29 is 14.6 Å². The van der Waals surface area contributed by atoms with Gasteiger partial charge in [-0.2, -0.15) is 0 Å². The van der Waals surface area contributed by atoms with Crippen LogP contribution in [0, 0.1) is 5.41 Å². The van der Waals surface area contributed by atoms with Crippen molar-refractivity contribution in [3.05, 3.63) is 23.8 Å². The number of rotatable bonds is 4. The third-order valence-corrected chi connectivity index (χ3v) is 3.22. The Morgan fingerprint density at radius 3 is 3.00 bits per heavy atom. The summed E-state index contributed by atoms with van der Waals surface area (Å²) < 4.78 is 5.54. The molecule has 0 radical (unpaired) electrons. The highest BCUT2D eigenvalue weighted by Gasteiger charge is 2.26. The summed E-state index contributed by atoms with van der Waals surface area (Å²) in [7, 11) is 0. The molecule has 1 heterocycles. The lowest BCUT2D eigenvalue weighted by molar-refractivity contribution is -0.146. The first-order valence-corrected chi connectivity index (χ1v) is 6.22. The van der Waals surface area contributed by atoms with E-state index < -0.39 is 11.4 Å². The van der Waals surface area contributed by atoms with Crippen molar-refractivity contribution in [3.8, 4) is 5.75 Å². The van der Waals surface area contributed by atoms with E-state index in [2.05, 4.69) is 5.32 Å². The number of carboxylic acid groups (broad SMARTS) is 1. The Kier molecular flexibility index (Phi) is 3.45. The zero-order chi connectivity index (χ0) is 13.2. The van der Waals surface area contributed by atoms with Crippen LogP contribution >= 0.6 is 0 Å². The first kappa shape index (κ1) is 12.7. The SMILES string of the molecule is CC(C)(CNc1ccc2c(c1)CCCO2)C(=O)O. The highest BCUT2D eigenvalue weighted by atomic mass is 16.5. The number of aryl methyl sites for hydroxylation is 1. The minimum absolute atomic E-state index is 0.405. The largest absolute Gasteiger partial charge is 0.493 e. The van der Waals surface area contributed by atoms with Crippen LogP contribution < -0.4 is 10.1 Å². The molecule has 0 fully saturated rings. The van der Waals surface area contributed by atoms with Gasteiger partial charge in [0, 0.05) is 12.2 Å². The third-order valence-electron chi connectivity index (χ3n) is 3.22. The van der Waals surface area contributed by atoms with Gasteiger partial charge < -0.3 is 15.2 Å². The average Bonchev–Trinajstić information content (AvgIpc) is 2.36. The van der Waals surface area contributed by atoms with Crippen LogP contribution in [-0.2, 0) is 11.2 Å². The van der Waals surface area contributed by atoms with Gasteiger partial charge >= 0.3 is 5.97 Å². The zero-order valence-corrected chi connectivity index (χ0v) is 10.8. The van der Waals surface area contributed by atoms with Gasteiger partial charge in [-0.05, 0) is 50.5 Å². The summed E-state index contributed by atoms with van der Waals surface area (Å²) >= 11 is 0. The van der Waals surface area contributed by atoms with Crippen LogP contribution in [0.1, 0.15) is 25.8 Å². The molecule has 1 aromatic carbocycles. The van der Waals surface area contributed by atoms with Crippen molar-refractivity contribution in [3.63, 3.8) is 0 Å². The highest BCUT2D eigenvalue weighted by Crippen LogP contribution is 2.28. The van der Waals surface area contributed by atoms with Crippen LogP contribution in [0.3, 0.4) is 0 Å². The Bertz CT molecular complexity index is 454. The first-order chi connectivity index (χ1) is 8.49. The minimum atomic E-state index is -0.795. The fourth-order valence-corrected chi connectivity index (χ4v) is 1.87. The fourth-order valence-electron chi connectivity index (χ4n) is 1.87. The fraction of sp³-hybridized carbons (Fsp3) is 0.500. The molecule has 2 rings (SSSR count). The lowest BCUT2D eigenvalue weighted by atomic mass is 9.93. The maximum absolute atomic E-state index is 11.0. The number of anilines is 1. The molecule has 0 atom stereocenters. The van der Waals surface area contributed by atoms with Crippen molar-refractivity contribution in [2.75, 3.05) is 18.5 Å². The van der Waals surface area contributed by atoms with Gasteiger partial charge in [-0.3, -0.25) is 4.79 Å². The van der Waals surface area contributed by atoms with Crippen molar-refractivity contribution in [1.82, 2.24) is 0 Å². The van der Waals surface area contributed by atoms with Crippen LogP contribution in [-0.4, -0.2) is 24.2 Å². The third kappa shape index (κ3) is 2.75. The summed E-state index contributed by atoms with van der Waals surface area (Å²) in [5.74, 6) is 0.153. The monoisotopic (exact) mass is 249 g/mol. The molecule has 0 spiro atoms. The number of carboxylic acids is 1. The molecule has 0 saturated carbocycles. The van der Waals surface area contributed by atoms with Gasteiger partial charge in [0.15, 0.2) is 0 Å². The van der Waals surface area contributed by atoms with Crippen LogP contribution in [0.2, 0.25) is 0 Å². The summed E-state index contributed by atoms with van der Waals surface area (Å²) in [6, 6.07) is 5.93. The number of nitrogens with one attached hydrogen (secondary N) is 1. The summed E-state index contributed by atoms with van der Waals surface area (Å²) in [5, 5.41) is 12.2. The lowest BCUT2D eigenvalue weighted by Gasteiger charge is -2.22. The molecule has 1 aromatic rings. The molecule has 0 saturated heterocycles. The maximum Gasteiger partial charge on any atom is 0.310 e. The second kappa shape index (κ2) is 4.88. The summed E-state index contributed by atoms with van der Waals surface area (Å²) in [4.78, 5) is 11.0. The minimum Gasteiger partial charge on any atom is -0.493 e. The molecule has 1 aliphatic rings. The molecule has 1 aliphatic heterocycles. The van der Waals surface area contributed by atoms with Gasteiger partial charge in [0.1, 0.15) is 5.75 Å². The summed E-state index contributed by atoms with van der Waals surface area (Å²) in [6.07, 6.45) is 2.06. The van der Waals surface area contributed by atoms with Gasteiger partial charge in [0.05, 0.1) is 12.0 Å². The van der Waals surface area contributed by atoms with Crippen molar-refractivity contribution in [2.24, 2.45) is 5.41 Å². The van der Waals surface area contributed by atoms with E-state index in [0.29, 0.717) is 6.54 Å². The smallest absolute Gasteiger partial charge is 0.310 e. The molecular formula is C14H19NO3. The van der Waals surface area contributed by atoms with Gasteiger partial charge in [-0.1, -0.05) is 0 Å². The summed E-state index contributed by atoms with van der Waals surface area (Å²) in [6.45, 7) is 4.61. The van der Waals surface area contributed by atoms with Crippen LogP contribution in [0.15, 0.2) is 18.2 Å². The molecular weight excluding hydrogens is 230 g/mol. The average molecular weight is 249 g/mol. The number of hydrogen-bond acceptors (Lipinski definition) is 3. The van der Waals surface area contributed by atoms with E-state index >= 15 is 0 Å². The first-order valence-electron chi connectivity index (χ1n) is 6.22. The number of hydrogen-bond donors (Lipinski definition) is 2. The molecule has 0 aliphatic carbocycles. The van der Waals surface area contributed by atoms with E-state index in [1.54, 1.807) is 13.8 Å². The van der Waals surface area contributed by atoms with Crippen molar-refractivity contribution in [1.29, 1.82) is 0 Å². The summed E-state index contributed by atoms with van der Waals surface area (Å²) in [5.41, 5.74) is 1.37. The number of ether oxygens (including phenoxy) is 1. The standard InChI is InChI=1S/C14H19NO3/c1-14(2,13(16)17)9-15-11-5-6-12-10(8-11)4-3-7-18-12/h5-6,8,15H,3-4,7,9H2,1-2H3,(H,16,17). The van der Waals surface area contributed by atoms with Crippen LogP contribution in [0.4, 0.5) is 5.69 Å². The molecule has 2 N–H and O–H groups in total. The van der Waals surface area contributed by atoms with E-state index in [1.807, 2.05) is 18.2 Å². The Balaban J connectivity index is 2.04. The number of benzene rings is 1. The van der Waals surface area contributed by atoms with Gasteiger partial charge in [-0.15, -0.1) is 0 Å². The molecule has 0 aromatic heterocycles. The second-order valence-corrected chi connectivity index (χ2v) is 5.32. The molecule has 98 valence electrons. The quantitative estimate of drug-likeness (QED) is 0.861. The van der Waals surface area contributed by atoms with Gasteiger partial charge in [0.2, 0.25) is 0 Å². The van der Waals surface area contributed by atoms with Crippen molar-refractivity contribution in [2.45, 2.75) is 26.7 Å². The van der Waals surface area contributed by atoms with Gasteiger partial charge in [0.25, 0.3) is 0 Å². The van der Waals surface area contributed by atoms with Crippen LogP contribution in [0.25, 0.3) is 0 Å². The predicted molar refractivity (Wildman–Crippen MR) is 70.2 cm³/mol. The number of aliphatic carboxylic acids is 1. The normalized spacial score (nSPS) is 14.6. The van der Waals surface area contributed by atoms with E-state index in [0.717, 1.165) is 30.9 Å². The van der Waals surface area contributed by atoms with Gasteiger partial charge in [-0.25, -0.2) is 0 Å². The Hall–Kier alpha value is -1.71. The number of carbonyl (C=O) groups is 1. The molecule has 4 nitrogen and oxygen atoms in total. The Morgan fingerprint density at radius 1 is 1.50 bits per heavy atom. The Labute approximate surface area is 107 Å². The zero-order valence-electron chi connectivity index (χ0n) is 10.8. The number of fused-ring (bicyclic) bond motifs is 1. The maximum atomic E-state index is 11.0. The molecule has 18 heavy (non-hydrogen) atoms. The second-order valence-electron chi connectivity index (χ2n) is 5.32. The topological polar surface area (TPSA) is 58.6 Å². The van der Waals surface area contributed by atoms with Crippen molar-refractivity contribution >= 4 is 11.7 Å². The molecule has 0 amide bonds. The van der Waals surface area contributed by atoms with E-state index in [1.165, 1.54) is 5.56 Å².